The number of anilines is 1. The zero-order valence-corrected chi connectivity index (χ0v) is 22.0. The zero-order chi connectivity index (χ0) is 27.1. The van der Waals surface area contributed by atoms with Crippen LogP contribution in [0.5, 0.6) is 23.0 Å². The molecular formula is C29H24N2O7S. The molecule has 0 saturated carbocycles. The summed E-state index contributed by atoms with van der Waals surface area (Å²) in [5, 5.41) is 11.8. The Bertz CT molecular complexity index is 1630. The van der Waals surface area contributed by atoms with Gasteiger partial charge in [-0.25, -0.2) is 4.98 Å². The predicted octanol–water partition coefficient (Wildman–Crippen LogP) is 5.10. The maximum absolute atomic E-state index is 13.5. The fourth-order valence-electron chi connectivity index (χ4n) is 4.73. The number of ketones is 1. The van der Waals surface area contributed by atoms with Gasteiger partial charge in [-0.3, -0.25) is 14.5 Å². The van der Waals surface area contributed by atoms with Crippen LogP contribution >= 0.6 is 11.3 Å². The second kappa shape index (κ2) is 9.95. The minimum Gasteiger partial charge on any atom is -0.507 e. The maximum Gasteiger partial charge on any atom is 0.301 e. The minimum atomic E-state index is -0.920. The number of ether oxygens (including phenoxy) is 4. The van der Waals surface area contributed by atoms with Crippen molar-refractivity contribution in [3.63, 3.8) is 0 Å². The van der Waals surface area contributed by atoms with Crippen LogP contribution in [0.15, 0.2) is 66.2 Å². The lowest BCUT2D eigenvalue weighted by molar-refractivity contribution is -0.132. The number of thiazole rings is 1. The third kappa shape index (κ3) is 4.32. The Hall–Kier alpha value is -4.57. The number of amides is 1. The molecule has 3 heterocycles. The summed E-state index contributed by atoms with van der Waals surface area (Å²) in [5.74, 6) is 0.408. The lowest BCUT2D eigenvalue weighted by Crippen LogP contribution is -2.29. The smallest absolute Gasteiger partial charge is 0.301 e. The van der Waals surface area contributed by atoms with Gasteiger partial charge in [-0.15, -0.1) is 0 Å². The highest BCUT2D eigenvalue weighted by molar-refractivity contribution is 7.22. The van der Waals surface area contributed by atoms with Gasteiger partial charge in [0.15, 0.2) is 16.6 Å². The van der Waals surface area contributed by atoms with E-state index in [0.717, 1.165) is 4.70 Å². The second-order valence-corrected chi connectivity index (χ2v) is 9.87. The quantitative estimate of drug-likeness (QED) is 0.203. The van der Waals surface area contributed by atoms with Crippen molar-refractivity contribution in [1.29, 1.82) is 0 Å². The fourth-order valence-corrected chi connectivity index (χ4v) is 5.75. The third-order valence-corrected chi connectivity index (χ3v) is 7.57. The molecule has 0 spiro atoms. The second-order valence-electron chi connectivity index (χ2n) is 8.86. The van der Waals surface area contributed by atoms with Crippen molar-refractivity contribution < 1.29 is 33.6 Å². The topological polar surface area (TPSA) is 107 Å². The highest BCUT2D eigenvalue weighted by atomic mass is 32.1. The van der Waals surface area contributed by atoms with Gasteiger partial charge in [-0.2, -0.15) is 0 Å². The highest BCUT2D eigenvalue weighted by Crippen LogP contribution is 2.45. The number of carbonyl (C=O) groups is 2. The number of Topliss-reactive ketones (excluding diaryl/α,β-unsaturated/α-hetero) is 1. The molecule has 1 saturated heterocycles. The van der Waals surface area contributed by atoms with Crippen LogP contribution in [0.3, 0.4) is 0 Å². The van der Waals surface area contributed by atoms with Crippen LogP contribution in [0, 0.1) is 0 Å². The monoisotopic (exact) mass is 544 g/mol. The van der Waals surface area contributed by atoms with E-state index in [2.05, 4.69) is 4.98 Å². The molecule has 198 valence electrons. The van der Waals surface area contributed by atoms with Gasteiger partial charge in [0.1, 0.15) is 30.5 Å². The molecule has 1 N–H and O–H groups in total. The van der Waals surface area contributed by atoms with Gasteiger partial charge in [0.25, 0.3) is 5.78 Å². The Kier molecular flexibility index (Phi) is 6.32. The molecule has 0 aliphatic carbocycles. The van der Waals surface area contributed by atoms with E-state index in [-0.39, 0.29) is 11.3 Å². The number of rotatable bonds is 6. The minimum absolute atomic E-state index is 0.0453. The molecule has 4 aromatic rings. The summed E-state index contributed by atoms with van der Waals surface area (Å²) in [5.41, 5.74) is 1.57. The molecular weight excluding hydrogens is 520 g/mol. The van der Waals surface area contributed by atoms with Crippen molar-refractivity contribution in [1.82, 2.24) is 4.98 Å². The van der Waals surface area contributed by atoms with Crippen LogP contribution in [-0.4, -0.2) is 48.7 Å². The molecule has 1 aromatic heterocycles. The van der Waals surface area contributed by atoms with Crippen molar-refractivity contribution in [2.75, 3.05) is 31.8 Å². The summed E-state index contributed by atoms with van der Waals surface area (Å²) in [7, 11) is 1.56. The van der Waals surface area contributed by atoms with Gasteiger partial charge in [-0.05, 0) is 61.0 Å². The first kappa shape index (κ1) is 24.7. The lowest BCUT2D eigenvalue weighted by Gasteiger charge is -2.23. The number of hydrogen-bond acceptors (Lipinski definition) is 9. The molecule has 2 aliphatic heterocycles. The Morgan fingerprint density at radius 3 is 2.51 bits per heavy atom. The van der Waals surface area contributed by atoms with Crippen LogP contribution in [0.1, 0.15) is 24.1 Å². The molecule has 0 bridgehead atoms. The summed E-state index contributed by atoms with van der Waals surface area (Å²) in [6, 6.07) is 16.5. The normalized spacial score (nSPS) is 18.0. The third-order valence-electron chi connectivity index (χ3n) is 6.56. The number of aromatic nitrogens is 1. The van der Waals surface area contributed by atoms with E-state index in [1.54, 1.807) is 49.6 Å². The van der Waals surface area contributed by atoms with Crippen molar-refractivity contribution in [3.8, 4) is 23.0 Å². The number of nitrogens with zero attached hydrogens (tertiary/aromatic N) is 2. The van der Waals surface area contributed by atoms with E-state index in [1.807, 2.05) is 25.1 Å². The predicted molar refractivity (Wildman–Crippen MR) is 146 cm³/mol. The van der Waals surface area contributed by atoms with Gasteiger partial charge >= 0.3 is 5.91 Å². The Morgan fingerprint density at radius 1 is 1.03 bits per heavy atom. The van der Waals surface area contributed by atoms with Gasteiger partial charge < -0.3 is 24.1 Å². The van der Waals surface area contributed by atoms with Crippen LogP contribution in [-0.2, 0) is 9.59 Å². The molecule has 0 radical (unpaired) electrons. The molecule has 2 aliphatic rings. The number of carbonyl (C=O) groups excluding carboxylic acids is 2. The van der Waals surface area contributed by atoms with Gasteiger partial charge in [0.2, 0.25) is 0 Å². The molecule has 10 heteroatoms. The molecule has 9 nitrogen and oxygen atoms in total. The van der Waals surface area contributed by atoms with Crippen molar-refractivity contribution in [2.45, 2.75) is 13.0 Å². The fraction of sp³-hybridized carbons (Fsp3) is 0.207. The Balaban J connectivity index is 1.50. The number of benzene rings is 3. The van der Waals surface area contributed by atoms with E-state index in [0.29, 0.717) is 64.6 Å². The van der Waals surface area contributed by atoms with E-state index in [9.17, 15) is 14.7 Å². The van der Waals surface area contributed by atoms with Crippen LogP contribution < -0.4 is 23.8 Å². The summed E-state index contributed by atoms with van der Waals surface area (Å²) in [6.07, 6.45) is 0. The molecule has 1 fully saturated rings. The average Bonchev–Trinajstić information content (AvgIpc) is 3.50. The van der Waals surface area contributed by atoms with Crippen molar-refractivity contribution in [2.24, 2.45) is 0 Å². The number of methoxy groups -OCH3 is 1. The Morgan fingerprint density at radius 2 is 1.77 bits per heavy atom. The van der Waals surface area contributed by atoms with Crippen LogP contribution in [0.25, 0.3) is 16.0 Å². The number of aliphatic hydroxyl groups excluding tert-OH is 1. The van der Waals surface area contributed by atoms with Crippen LogP contribution in [0.4, 0.5) is 5.13 Å². The first-order chi connectivity index (χ1) is 19.0. The van der Waals surface area contributed by atoms with Gasteiger partial charge in [0, 0.05) is 5.56 Å². The zero-order valence-electron chi connectivity index (χ0n) is 21.2. The molecule has 6 rings (SSSR count). The van der Waals surface area contributed by atoms with E-state index >= 15 is 0 Å². The van der Waals surface area contributed by atoms with Crippen molar-refractivity contribution in [3.05, 3.63) is 77.4 Å². The van der Waals surface area contributed by atoms with E-state index in [4.69, 9.17) is 18.9 Å². The maximum atomic E-state index is 13.5. The van der Waals surface area contributed by atoms with Gasteiger partial charge in [-0.1, -0.05) is 23.5 Å². The van der Waals surface area contributed by atoms with E-state index < -0.39 is 17.7 Å². The first-order valence-electron chi connectivity index (χ1n) is 12.4. The molecule has 39 heavy (non-hydrogen) atoms. The van der Waals surface area contributed by atoms with Crippen molar-refractivity contribution >= 4 is 44.1 Å². The Labute approximate surface area is 227 Å². The summed E-state index contributed by atoms with van der Waals surface area (Å²) in [4.78, 5) is 33.1. The number of fused-ring (bicyclic) bond motifs is 2. The standard InChI is InChI=1S/C29H24N2O7S/c1-3-36-19-9-10-20-23(15-19)39-29(30-20)31-25(16-4-7-18(35-2)8-5-16)24(27(33)28(31)34)26(32)17-6-11-21-22(14-17)38-13-12-37-21/h4-11,14-15,25,32H,3,12-13H2,1-2H3/b26-24+/t25-/m0/s1. The largest absolute Gasteiger partial charge is 0.507 e. The number of hydrogen-bond donors (Lipinski definition) is 1. The summed E-state index contributed by atoms with van der Waals surface area (Å²) in [6.45, 7) is 3.21. The SMILES string of the molecule is CCOc1ccc2nc(N3C(=O)C(=O)/C(=C(/O)c4ccc5c(c4)OCCO5)[C@@H]3c3ccc(OC)cc3)sc2c1. The van der Waals surface area contributed by atoms with Crippen LogP contribution in [0.2, 0.25) is 0 Å². The molecule has 0 unspecified atom stereocenters. The highest BCUT2D eigenvalue weighted by Gasteiger charge is 2.48. The summed E-state index contributed by atoms with van der Waals surface area (Å²) >= 11 is 1.27. The van der Waals surface area contributed by atoms with E-state index in [1.165, 1.54) is 16.2 Å². The lowest BCUT2D eigenvalue weighted by atomic mass is 9.95. The molecule has 1 atom stereocenters. The molecule has 3 aromatic carbocycles. The average molecular weight is 545 g/mol. The first-order valence-corrected chi connectivity index (χ1v) is 13.2. The molecule has 1 amide bonds. The summed E-state index contributed by atoms with van der Waals surface area (Å²) < 4.78 is 23.0. The van der Waals surface area contributed by atoms with Gasteiger partial charge in [0.05, 0.1) is 35.5 Å². The number of aliphatic hydroxyl groups is 1.